The van der Waals surface area contributed by atoms with Crippen LogP contribution in [0.1, 0.15) is 63.8 Å². The summed E-state index contributed by atoms with van der Waals surface area (Å²) in [5, 5.41) is 4.73. The quantitative estimate of drug-likeness (QED) is 0.265. The molecule has 0 aromatic heterocycles. The molecule has 0 radical (unpaired) electrons. The topological polar surface area (TPSA) is 43.2 Å². The van der Waals surface area contributed by atoms with Gasteiger partial charge in [0.1, 0.15) is 13.2 Å². The molecule has 4 aromatic rings. The highest BCUT2D eigenvalue weighted by molar-refractivity contribution is 6.19. The summed E-state index contributed by atoms with van der Waals surface area (Å²) in [6.45, 7) is 19.0. The van der Waals surface area contributed by atoms with Crippen molar-refractivity contribution in [2.75, 3.05) is 13.2 Å². The van der Waals surface area contributed by atoms with Crippen LogP contribution in [0.3, 0.4) is 0 Å². The first-order valence-corrected chi connectivity index (χ1v) is 14.4. The molecule has 0 aliphatic carbocycles. The molecule has 0 saturated heterocycles. The van der Waals surface area contributed by atoms with Crippen molar-refractivity contribution < 1.29 is 9.47 Å². The van der Waals surface area contributed by atoms with Gasteiger partial charge in [-0.3, -0.25) is 0 Å². The maximum absolute atomic E-state index is 6.29. The Morgan fingerprint density at radius 1 is 0.575 bits per heavy atom. The number of nitrogens with zero attached hydrogens (tertiary/aromatic N) is 2. The van der Waals surface area contributed by atoms with Crippen molar-refractivity contribution in [2.24, 2.45) is 20.8 Å². The number of ether oxygens (including phenoxy) is 2. The Bertz CT molecular complexity index is 1570. The van der Waals surface area contributed by atoms with Crippen LogP contribution in [-0.2, 0) is 9.47 Å². The Kier molecular flexibility index (Phi) is 6.29. The Morgan fingerprint density at radius 3 is 1.32 bits per heavy atom. The molecule has 6 rings (SSSR count). The summed E-state index contributed by atoms with van der Waals surface area (Å²) in [7, 11) is 0. The summed E-state index contributed by atoms with van der Waals surface area (Å²) in [6, 6.07) is 22.1. The van der Waals surface area contributed by atoms with Crippen LogP contribution in [0, 0.1) is 24.7 Å². The molecule has 0 N–H and O–H groups in total. The van der Waals surface area contributed by atoms with Crippen molar-refractivity contribution in [1.29, 1.82) is 0 Å². The molecule has 0 spiro atoms. The van der Waals surface area contributed by atoms with Crippen molar-refractivity contribution in [1.82, 2.24) is 0 Å². The van der Waals surface area contributed by atoms with Crippen LogP contribution in [-0.4, -0.2) is 37.1 Å². The number of fused-ring (bicyclic) bond motifs is 2. The molecule has 206 valence electrons. The van der Waals surface area contributed by atoms with Crippen molar-refractivity contribution >= 4 is 33.3 Å². The highest BCUT2D eigenvalue weighted by atomic mass is 16.5. The van der Waals surface area contributed by atoms with Gasteiger partial charge in [0.05, 0.1) is 12.1 Å². The Hall–Kier alpha value is -3.66. The van der Waals surface area contributed by atoms with E-state index in [1.54, 1.807) is 0 Å². The summed E-state index contributed by atoms with van der Waals surface area (Å²) in [4.78, 5) is 10.2. The predicted molar refractivity (Wildman–Crippen MR) is 168 cm³/mol. The molecular weight excluding hydrogens is 492 g/mol. The van der Waals surface area contributed by atoms with Crippen LogP contribution >= 0.6 is 0 Å². The van der Waals surface area contributed by atoms with E-state index >= 15 is 0 Å². The van der Waals surface area contributed by atoms with Gasteiger partial charge in [-0.1, -0.05) is 90.1 Å². The van der Waals surface area contributed by atoms with Crippen molar-refractivity contribution in [3.8, 4) is 11.1 Å². The van der Waals surface area contributed by atoms with E-state index in [1.165, 1.54) is 43.8 Å². The van der Waals surface area contributed by atoms with Gasteiger partial charge in [-0.05, 0) is 69.8 Å². The maximum Gasteiger partial charge on any atom is 0.217 e. The average molecular weight is 533 g/mol. The molecule has 2 heterocycles. The molecule has 2 atom stereocenters. The number of hydrogen-bond acceptors (Lipinski definition) is 4. The zero-order chi connectivity index (χ0) is 28.4. The van der Waals surface area contributed by atoms with E-state index in [0.717, 1.165) is 22.9 Å². The first-order valence-electron chi connectivity index (χ1n) is 14.4. The average Bonchev–Trinajstić information content (AvgIpc) is 3.59. The first kappa shape index (κ1) is 26.6. The SMILES string of the molecule is Cc1ccc2cccc(C3=N[C@@H](C(C)(C)C)CO3)c2c1-c1c(C)ccc2cccc(C3=N[C@@H](C(C)(C)C)CO3)c12. The normalized spacial score (nSPS) is 19.5. The minimum Gasteiger partial charge on any atom is -0.475 e. The summed E-state index contributed by atoms with van der Waals surface area (Å²) >= 11 is 0. The summed E-state index contributed by atoms with van der Waals surface area (Å²) in [5.41, 5.74) is 7.08. The Balaban J connectivity index is 1.65. The fraction of sp³-hybridized carbons (Fsp3) is 0.389. The molecule has 0 unspecified atom stereocenters. The van der Waals surface area contributed by atoms with E-state index in [-0.39, 0.29) is 22.9 Å². The molecular formula is C36H40N2O2. The van der Waals surface area contributed by atoms with Crippen LogP contribution in [0.4, 0.5) is 0 Å². The Morgan fingerprint density at radius 2 is 0.975 bits per heavy atom. The minimum atomic E-state index is 0.0408. The first-order chi connectivity index (χ1) is 18.9. The summed E-state index contributed by atoms with van der Waals surface area (Å²) < 4.78 is 12.6. The zero-order valence-electron chi connectivity index (χ0n) is 25.1. The maximum atomic E-state index is 6.29. The largest absolute Gasteiger partial charge is 0.475 e. The van der Waals surface area contributed by atoms with E-state index in [0.29, 0.717) is 13.2 Å². The van der Waals surface area contributed by atoms with Gasteiger partial charge in [-0.2, -0.15) is 0 Å². The summed E-state index contributed by atoms with van der Waals surface area (Å²) in [5.74, 6) is 1.49. The van der Waals surface area contributed by atoms with Crippen molar-refractivity contribution in [2.45, 2.75) is 67.5 Å². The van der Waals surface area contributed by atoms with Gasteiger partial charge in [-0.25, -0.2) is 9.98 Å². The number of aliphatic imine (C=N–C) groups is 2. The van der Waals surface area contributed by atoms with Gasteiger partial charge in [0.25, 0.3) is 0 Å². The van der Waals surface area contributed by atoms with Crippen molar-refractivity contribution in [3.05, 3.63) is 82.9 Å². The van der Waals surface area contributed by atoms with Crippen LogP contribution in [0.5, 0.6) is 0 Å². The predicted octanol–water partition coefficient (Wildman–Crippen LogP) is 8.66. The lowest BCUT2D eigenvalue weighted by molar-refractivity contribution is 0.235. The molecule has 4 aromatic carbocycles. The second-order valence-corrected chi connectivity index (χ2v) is 13.6. The highest BCUT2D eigenvalue weighted by Crippen LogP contribution is 2.43. The fourth-order valence-electron chi connectivity index (χ4n) is 5.90. The van der Waals surface area contributed by atoms with Gasteiger partial charge in [-0.15, -0.1) is 0 Å². The van der Waals surface area contributed by atoms with Gasteiger partial charge in [0, 0.05) is 21.9 Å². The van der Waals surface area contributed by atoms with Crippen LogP contribution in [0.25, 0.3) is 32.7 Å². The van der Waals surface area contributed by atoms with Gasteiger partial charge in [0.15, 0.2) is 0 Å². The molecule has 2 aliphatic heterocycles. The second-order valence-electron chi connectivity index (χ2n) is 13.6. The molecule has 4 nitrogen and oxygen atoms in total. The fourth-order valence-corrected chi connectivity index (χ4v) is 5.90. The summed E-state index contributed by atoms with van der Waals surface area (Å²) in [6.07, 6.45) is 0. The zero-order valence-corrected chi connectivity index (χ0v) is 25.1. The number of benzene rings is 4. The van der Waals surface area contributed by atoms with E-state index in [1.807, 2.05) is 0 Å². The van der Waals surface area contributed by atoms with Crippen LogP contribution in [0.15, 0.2) is 70.6 Å². The number of rotatable bonds is 3. The minimum absolute atomic E-state index is 0.0408. The standard InChI is InChI=1S/C36H40N2O2/c1-21-15-17-23-11-9-13-25(33-37-27(19-39-33)35(3,4)5)31(23)29(21)30-22(2)16-18-24-12-10-14-26(32(24)30)34-38-28(20-40-34)36(6,7)8/h9-18,27-28H,19-20H2,1-8H3/t27-,28-/m1/s1. The van der Waals surface area contributed by atoms with Crippen LogP contribution in [0.2, 0.25) is 0 Å². The molecule has 0 amide bonds. The van der Waals surface area contributed by atoms with E-state index in [2.05, 4.69) is 116 Å². The number of aryl methyl sites for hydroxylation is 2. The molecule has 0 bridgehead atoms. The molecule has 0 saturated carbocycles. The van der Waals surface area contributed by atoms with Gasteiger partial charge < -0.3 is 9.47 Å². The third-order valence-electron chi connectivity index (χ3n) is 8.52. The van der Waals surface area contributed by atoms with Crippen molar-refractivity contribution in [3.63, 3.8) is 0 Å². The lowest BCUT2D eigenvalue weighted by Gasteiger charge is -2.22. The highest BCUT2D eigenvalue weighted by Gasteiger charge is 2.33. The second kappa shape index (κ2) is 9.47. The molecule has 0 fully saturated rings. The smallest absolute Gasteiger partial charge is 0.217 e. The third kappa shape index (κ3) is 4.48. The third-order valence-corrected chi connectivity index (χ3v) is 8.52. The molecule has 40 heavy (non-hydrogen) atoms. The Labute approximate surface area is 238 Å². The molecule has 2 aliphatic rings. The lowest BCUT2D eigenvalue weighted by Crippen LogP contribution is -2.25. The molecule has 4 heteroatoms. The van der Waals surface area contributed by atoms with Gasteiger partial charge in [0.2, 0.25) is 11.8 Å². The lowest BCUT2D eigenvalue weighted by atomic mass is 9.84. The van der Waals surface area contributed by atoms with Gasteiger partial charge >= 0.3 is 0 Å². The number of hydrogen-bond donors (Lipinski definition) is 0. The van der Waals surface area contributed by atoms with E-state index in [4.69, 9.17) is 19.5 Å². The monoisotopic (exact) mass is 532 g/mol. The van der Waals surface area contributed by atoms with E-state index < -0.39 is 0 Å². The van der Waals surface area contributed by atoms with E-state index in [9.17, 15) is 0 Å². The van der Waals surface area contributed by atoms with Crippen LogP contribution < -0.4 is 0 Å².